The van der Waals surface area contributed by atoms with Crippen molar-refractivity contribution in [3.63, 3.8) is 0 Å². The van der Waals surface area contributed by atoms with Gasteiger partial charge in [0.2, 0.25) is 0 Å². The van der Waals surface area contributed by atoms with Crippen LogP contribution in [0, 0.1) is 5.92 Å². The number of alkyl halides is 6. The number of likely N-dealkylation sites (N-methyl/N-ethyl adjacent to an activating group) is 1. The van der Waals surface area contributed by atoms with Gasteiger partial charge in [0.1, 0.15) is 5.76 Å². The Bertz CT molecular complexity index is 809. The molecule has 1 spiro atoms. The van der Waals surface area contributed by atoms with E-state index in [1.807, 2.05) is 6.07 Å². The van der Waals surface area contributed by atoms with Gasteiger partial charge in [0.15, 0.2) is 0 Å². The number of carbonyl (C=O) groups is 2. The molecule has 3 heterocycles. The number of furan rings is 1. The zero-order chi connectivity index (χ0) is 27.1. The second-order valence-electron chi connectivity index (χ2n) is 9.20. The zero-order valence-corrected chi connectivity index (χ0v) is 19.6. The zero-order valence-electron chi connectivity index (χ0n) is 19.6. The number of ether oxygens (including phenoxy) is 1. The van der Waals surface area contributed by atoms with Gasteiger partial charge >= 0.3 is 24.3 Å². The SMILES string of the molecule is CN(Cc1ccco1)C1COC2(CCN(CC3CC3)CC2)C1.O=C(O)C(F)(F)F.O=C(O)C(F)(F)F. The largest absolute Gasteiger partial charge is 0.490 e. The van der Waals surface area contributed by atoms with Crippen molar-refractivity contribution in [3.05, 3.63) is 24.2 Å². The van der Waals surface area contributed by atoms with Crippen molar-refractivity contribution < 1.29 is 55.3 Å². The fourth-order valence-electron chi connectivity index (χ4n) is 4.04. The van der Waals surface area contributed by atoms with Crippen LogP contribution in [-0.2, 0) is 20.9 Å². The van der Waals surface area contributed by atoms with Gasteiger partial charge in [-0.25, -0.2) is 9.59 Å². The van der Waals surface area contributed by atoms with Crippen LogP contribution in [-0.4, -0.2) is 89.2 Å². The van der Waals surface area contributed by atoms with E-state index in [4.69, 9.17) is 29.0 Å². The summed E-state index contributed by atoms with van der Waals surface area (Å²) in [6.45, 7) is 5.54. The van der Waals surface area contributed by atoms with Crippen LogP contribution in [0.4, 0.5) is 26.3 Å². The molecule has 36 heavy (non-hydrogen) atoms. The molecule has 2 aliphatic heterocycles. The van der Waals surface area contributed by atoms with Gasteiger partial charge in [-0.15, -0.1) is 0 Å². The van der Waals surface area contributed by atoms with Crippen molar-refractivity contribution in [1.29, 1.82) is 0 Å². The molecule has 2 saturated heterocycles. The van der Waals surface area contributed by atoms with Gasteiger partial charge in [-0.2, -0.15) is 26.3 Å². The molecule has 3 aliphatic rings. The van der Waals surface area contributed by atoms with Crippen molar-refractivity contribution in [2.45, 2.75) is 62.6 Å². The van der Waals surface area contributed by atoms with Gasteiger partial charge in [0.05, 0.1) is 25.0 Å². The number of aliphatic carboxylic acids is 2. The molecule has 2 N–H and O–H groups in total. The summed E-state index contributed by atoms with van der Waals surface area (Å²) in [6.07, 6.45) is -1.89. The number of carboxylic acid groups (broad SMARTS) is 2. The molecule has 0 amide bonds. The Morgan fingerprint density at radius 1 is 1.08 bits per heavy atom. The van der Waals surface area contributed by atoms with Crippen LogP contribution in [0.3, 0.4) is 0 Å². The Morgan fingerprint density at radius 3 is 2.03 bits per heavy atom. The number of halogens is 6. The topological polar surface area (TPSA) is 103 Å². The van der Waals surface area contributed by atoms with E-state index in [0.29, 0.717) is 6.04 Å². The number of likely N-dealkylation sites (tertiary alicyclic amines) is 1. The molecule has 1 aromatic rings. The molecule has 1 unspecified atom stereocenters. The summed E-state index contributed by atoms with van der Waals surface area (Å²) in [7, 11) is 2.19. The standard InChI is InChI=1S/C18H28N2O2.2C2HF3O2/c1-19(13-17-3-2-10-21-17)16-11-18(22-14-16)6-8-20(9-7-18)12-15-4-5-15;2*3-2(4,5)1(6)7/h2-3,10,15-16H,4-9,11-14H2,1H3;2*(H,6,7). The first-order valence-corrected chi connectivity index (χ1v) is 11.3. The first kappa shape index (κ1) is 29.9. The predicted octanol–water partition coefficient (Wildman–Crippen LogP) is 4.01. The number of hydrogen-bond acceptors (Lipinski definition) is 6. The minimum atomic E-state index is -5.08. The van der Waals surface area contributed by atoms with E-state index >= 15 is 0 Å². The molecule has 4 rings (SSSR count). The number of nitrogens with zero attached hydrogens (tertiary/aromatic N) is 2. The molecule has 3 fully saturated rings. The first-order chi connectivity index (χ1) is 16.6. The van der Waals surface area contributed by atoms with Gasteiger partial charge in [0, 0.05) is 25.7 Å². The molecule has 1 saturated carbocycles. The van der Waals surface area contributed by atoms with Crippen LogP contribution in [0.1, 0.15) is 37.9 Å². The Morgan fingerprint density at radius 2 is 1.61 bits per heavy atom. The number of hydrogen-bond donors (Lipinski definition) is 2. The van der Waals surface area contributed by atoms with Crippen LogP contribution in [0.5, 0.6) is 0 Å². The van der Waals surface area contributed by atoms with Crippen LogP contribution >= 0.6 is 0 Å². The van der Waals surface area contributed by atoms with Gasteiger partial charge in [-0.05, 0) is 57.2 Å². The maximum absolute atomic E-state index is 10.6. The molecular weight excluding hydrogens is 502 g/mol. The minimum absolute atomic E-state index is 0.155. The monoisotopic (exact) mass is 532 g/mol. The second kappa shape index (κ2) is 12.3. The highest BCUT2D eigenvalue weighted by Crippen LogP contribution is 2.39. The van der Waals surface area contributed by atoms with Gasteiger partial charge in [-0.1, -0.05) is 0 Å². The highest BCUT2D eigenvalue weighted by atomic mass is 19.4. The second-order valence-corrected chi connectivity index (χ2v) is 9.20. The third-order valence-corrected chi connectivity index (χ3v) is 6.26. The van der Waals surface area contributed by atoms with Crippen molar-refractivity contribution in [3.8, 4) is 0 Å². The van der Waals surface area contributed by atoms with Crippen molar-refractivity contribution >= 4 is 11.9 Å². The highest BCUT2D eigenvalue weighted by Gasteiger charge is 2.44. The maximum atomic E-state index is 10.6. The Labute approximate surface area is 203 Å². The van der Waals surface area contributed by atoms with Crippen LogP contribution in [0.2, 0.25) is 0 Å². The summed E-state index contributed by atoms with van der Waals surface area (Å²) in [4.78, 5) is 22.8. The van der Waals surface area contributed by atoms with Gasteiger partial charge in [-0.3, -0.25) is 4.90 Å². The lowest BCUT2D eigenvalue weighted by atomic mass is 9.87. The number of piperidine rings is 1. The summed E-state index contributed by atoms with van der Waals surface area (Å²) < 4.78 is 75.2. The fourth-order valence-corrected chi connectivity index (χ4v) is 4.04. The normalized spacial score (nSPS) is 21.9. The summed E-state index contributed by atoms with van der Waals surface area (Å²) in [5.41, 5.74) is 0.155. The number of carboxylic acids is 2. The van der Waals surface area contributed by atoms with Gasteiger partial charge < -0.3 is 24.3 Å². The quantitative estimate of drug-likeness (QED) is 0.549. The molecule has 0 bridgehead atoms. The molecule has 206 valence electrons. The third kappa shape index (κ3) is 9.97. The van der Waals surface area contributed by atoms with Crippen molar-refractivity contribution in [2.75, 3.05) is 33.3 Å². The average Bonchev–Trinajstić information content (AvgIpc) is 3.26. The molecule has 0 radical (unpaired) electrons. The molecule has 0 aromatic carbocycles. The van der Waals surface area contributed by atoms with Crippen molar-refractivity contribution in [2.24, 2.45) is 5.92 Å². The number of rotatable bonds is 5. The summed E-state index contributed by atoms with van der Waals surface area (Å²) in [5.74, 6) is -3.46. The fraction of sp³-hybridized carbons (Fsp3) is 0.727. The smallest absolute Gasteiger partial charge is 0.475 e. The molecule has 1 aliphatic carbocycles. The predicted molar refractivity (Wildman–Crippen MR) is 113 cm³/mol. The molecule has 8 nitrogen and oxygen atoms in total. The van der Waals surface area contributed by atoms with E-state index in [0.717, 1.165) is 24.8 Å². The van der Waals surface area contributed by atoms with E-state index < -0.39 is 24.3 Å². The minimum Gasteiger partial charge on any atom is -0.475 e. The highest BCUT2D eigenvalue weighted by molar-refractivity contribution is 5.73. The van der Waals surface area contributed by atoms with E-state index in [-0.39, 0.29) is 5.60 Å². The van der Waals surface area contributed by atoms with E-state index in [2.05, 4.69) is 22.9 Å². The van der Waals surface area contributed by atoms with Gasteiger partial charge in [0.25, 0.3) is 0 Å². The Balaban J connectivity index is 0.000000271. The van der Waals surface area contributed by atoms with E-state index in [1.165, 1.54) is 51.7 Å². The lowest BCUT2D eigenvalue weighted by Gasteiger charge is -2.39. The van der Waals surface area contributed by atoms with E-state index in [1.54, 1.807) is 6.26 Å². The summed E-state index contributed by atoms with van der Waals surface area (Å²) in [5, 5.41) is 14.2. The Hall–Kier alpha value is -2.32. The third-order valence-electron chi connectivity index (χ3n) is 6.26. The first-order valence-electron chi connectivity index (χ1n) is 11.3. The Kier molecular flexibility index (Phi) is 10.2. The maximum Gasteiger partial charge on any atom is 0.490 e. The van der Waals surface area contributed by atoms with Crippen LogP contribution in [0.15, 0.2) is 22.8 Å². The van der Waals surface area contributed by atoms with E-state index in [9.17, 15) is 26.3 Å². The molecular formula is C22H30F6N2O6. The lowest BCUT2D eigenvalue weighted by molar-refractivity contribution is -0.193. The summed E-state index contributed by atoms with van der Waals surface area (Å²) in [6, 6.07) is 4.55. The lowest BCUT2D eigenvalue weighted by Crippen LogP contribution is -2.45. The van der Waals surface area contributed by atoms with Crippen molar-refractivity contribution in [1.82, 2.24) is 9.80 Å². The summed E-state index contributed by atoms with van der Waals surface area (Å²) >= 11 is 0. The molecule has 1 aromatic heterocycles. The van der Waals surface area contributed by atoms with Crippen LogP contribution < -0.4 is 0 Å². The average molecular weight is 532 g/mol. The molecule has 14 heteroatoms. The molecule has 1 atom stereocenters. The van der Waals surface area contributed by atoms with Crippen LogP contribution in [0.25, 0.3) is 0 Å².